The number of amides is 1. The summed E-state index contributed by atoms with van der Waals surface area (Å²) in [4.78, 5) is 12.6. The molecule has 0 aliphatic heterocycles. The standard InChI is InChI=1S/C16H23BrN2O2/c1-11-5-4-8-16(18,9-11)15(20)19-14-7-3-6-13(17)12(14)10-21-2/h3,6-7,11H,4-5,8-10,18H2,1-2H3,(H,19,20). The number of carbonyl (C=O) groups excluding carboxylic acids is 1. The molecule has 2 atom stereocenters. The summed E-state index contributed by atoms with van der Waals surface area (Å²) in [6, 6.07) is 5.71. The lowest BCUT2D eigenvalue weighted by molar-refractivity contribution is -0.122. The summed E-state index contributed by atoms with van der Waals surface area (Å²) in [6.45, 7) is 2.59. The van der Waals surface area contributed by atoms with Crippen molar-refractivity contribution in [2.24, 2.45) is 11.7 Å². The van der Waals surface area contributed by atoms with Crippen molar-refractivity contribution in [2.45, 2.75) is 44.8 Å². The lowest BCUT2D eigenvalue weighted by Gasteiger charge is -2.35. The van der Waals surface area contributed by atoms with E-state index < -0.39 is 5.54 Å². The average Bonchev–Trinajstić information content (AvgIpc) is 2.42. The minimum absolute atomic E-state index is 0.0931. The van der Waals surface area contributed by atoms with Gasteiger partial charge in [-0.05, 0) is 30.9 Å². The molecule has 0 spiro atoms. The summed E-state index contributed by atoms with van der Waals surface area (Å²) in [5, 5.41) is 2.99. The molecular formula is C16H23BrN2O2. The zero-order valence-corrected chi connectivity index (χ0v) is 14.2. The van der Waals surface area contributed by atoms with Crippen LogP contribution in [-0.4, -0.2) is 18.6 Å². The molecule has 21 heavy (non-hydrogen) atoms. The van der Waals surface area contributed by atoms with Crippen LogP contribution in [0.25, 0.3) is 0 Å². The van der Waals surface area contributed by atoms with E-state index in [1.54, 1.807) is 7.11 Å². The fraction of sp³-hybridized carbons (Fsp3) is 0.562. The highest BCUT2D eigenvalue weighted by atomic mass is 79.9. The van der Waals surface area contributed by atoms with Crippen LogP contribution >= 0.6 is 15.9 Å². The van der Waals surface area contributed by atoms with Gasteiger partial charge in [0.15, 0.2) is 0 Å². The molecule has 0 heterocycles. The first-order valence-electron chi connectivity index (χ1n) is 7.33. The van der Waals surface area contributed by atoms with E-state index in [4.69, 9.17) is 10.5 Å². The van der Waals surface area contributed by atoms with Crippen LogP contribution in [-0.2, 0) is 16.1 Å². The molecule has 5 heteroatoms. The second kappa shape index (κ2) is 6.90. The Bertz CT molecular complexity index is 521. The molecule has 1 fully saturated rings. The van der Waals surface area contributed by atoms with E-state index in [9.17, 15) is 4.79 Å². The molecule has 1 saturated carbocycles. The number of anilines is 1. The van der Waals surface area contributed by atoms with Crippen molar-refractivity contribution in [3.8, 4) is 0 Å². The van der Waals surface area contributed by atoms with Crippen LogP contribution in [0.3, 0.4) is 0 Å². The number of carbonyl (C=O) groups is 1. The van der Waals surface area contributed by atoms with Crippen LogP contribution in [0.5, 0.6) is 0 Å². The van der Waals surface area contributed by atoms with Crippen molar-refractivity contribution in [1.29, 1.82) is 0 Å². The second-order valence-corrected chi connectivity index (χ2v) is 6.87. The van der Waals surface area contributed by atoms with Gasteiger partial charge in [-0.1, -0.05) is 41.8 Å². The molecule has 0 bridgehead atoms. The molecule has 4 nitrogen and oxygen atoms in total. The lowest BCUT2D eigenvalue weighted by Crippen LogP contribution is -2.53. The number of nitrogens with two attached hydrogens (primary N) is 1. The van der Waals surface area contributed by atoms with Gasteiger partial charge in [0.2, 0.25) is 5.91 Å². The third kappa shape index (κ3) is 3.84. The van der Waals surface area contributed by atoms with E-state index in [0.29, 0.717) is 12.5 Å². The fourth-order valence-electron chi connectivity index (χ4n) is 3.01. The number of hydrogen-bond acceptors (Lipinski definition) is 3. The zero-order chi connectivity index (χ0) is 15.5. The molecule has 0 aromatic heterocycles. The average molecular weight is 355 g/mol. The van der Waals surface area contributed by atoms with E-state index in [-0.39, 0.29) is 5.91 Å². The number of rotatable bonds is 4. The predicted octanol–water partition coefficient (Wildman–Crippen LogP) is 3.44. The number of hydrogen-bond donors (Lipinski definition) is 2. The smallest absolute Gasteiger partial charge is 0.244 e. The number of nitrogens with one attached hydrogen (secondary N) is 1. The monoisotopic (exact) mass is 354 g/mol. The Labute approximate surface area is 134 Å². The minimum atomic E-state index is -0.760. The molecule has 0 radical (unpaired) electrons. The van der Waals surface area contributed by atoms with Crippen LogP contribution in [0.2, 0.25) is 0 Å². The van der Waals surface area contributed by atoms with E-state index in [1.165, 1.54) is 0 Å². The normalized spacial score (nSPS) is 25.6. The van der Waals surface area contributed by atoms with Gasteiger partial charge < -0.3 is 15.8 Å². The third-order valence-corrected chi connectivity index (χ3v) is 4.88. The Balaban J connectivity index is 2.17. The molecule has 1 aliphatic carbocycles. The molecule has 116 valence electrons. The van der Waals surface area contributed by atoms with Crippen LogP contribution < -0.4 is 11.1 Å². The fourth-order valence-corrected chi connectivity index (χ4v) is 3.49. The van der Waals surface area contributed by atoms with E-state index in [2.05, 4.69) is 28.2 Å². The van der Waals surface area contributed by atoms with Crippen molar-refractivity contribution in [3.05, 3.63) is 28.2 Å². The third-order valence-electron chi connectivity index (χ3n) is 4.14. The molecule has 3 N–H and O–H groups in total. The maximum atomic E-state index is 12.6. The van der Waals surface area contributed by atoms with E-state index in [1.807, 2.05) is 18.2 Å². The molecule has 1 amide bonds. The molecule has 2 unspecified atom stereocenters. The van der Waals surface area contributed by atoms with Crippen molar-refractivity contribution in [1.82, 2.24) is 0 Å². The molecular weight excluding hydrogens is 332 g/mol. The molecule has 1 aromatic carbocycles. The Kier molecular flexibility index (Phi) is 5.41. The van der Waals surface area contributed by atoms with Crippen LogP contribution in [0.1, 0.15) is 38.2 Å². The van der Waals surface area contributed by atoms with Gasteiger partial charge in [0.05, 0.1) is 12.1 Å². The maximum absolute atomic E-state index is 12.6. The molecule has 1 aromatic rings. The van der Waals surface area contributed by atoms with Gasteiger partial charge in [-0.15, -0.1) is 0 Å². The first-order valence-corrected chi connectivity index (χ1v) is 8.12. The number of halogens is 1. The Morgan fingerprint density at radius 2 is 2.33 bits per heavy atom. The first kappa shape index (κ1) is 16.5. The van der Waals surface area contributed by atoms with Crippen LogP contribution in [0.15, 0.2) is 22.7 Å². The highest BCUT2D eigenvalue weighted by molar-refractivity contribution is 9.10. The topological polar surface area (TPSA) is 64.3 Å². The molecule has 1 aliphatic rings. The summed E-state index contributed by atoms with van der Waals surface area (Å²) in [6.07, 6.45) is 3.65. The summed E-state index contributed by atoms with van der Waals surface area (Å²) in [5.74, 6) is 0.403. The van der Waals surface area contributed by atoms with Gasteiger partial charge in [0.1, 0.15) is 0 Å². The van der Waals surface area contributed by atoms with Crippen molar-refractivity contribution in [3.63, 3.8) is 0 Å². The number of benzene rings is 1. The summed E-state index contributed by atoms with van der Waals surface area (Å²) >= 11 is 3.49. The molecule has 2 rings (SSSR count). The lowest BCUT2D eigenvalue weighted by atomic mass is 9.76. The Morgan fingerprint density at radius 3 is 3.00 bits per heavy atom. The van der Waals surface area contributed by atoms with Gasteiger partial charge in [-0.25, -0.2) is 0 Å². The van der Waals surface area contributed by atoms with Crippen LogP contribution in [0.4, 0.5) is 5.69 Å². The predicted molar refractivity (Wildman–Crippen MR) is 88.0 cm³/mol. The van der Waals surface area contributed by atoms with Crippen molar-refractivity contribution >= 4 is 27.5 Å². The zero-order valence-electron chi connectivity index (χ0n) is 12.6. The minimum Gasteiger partial charge on any atom is -0.380 e. The SMILES string of the molecule is COCc1c(Br)cccc1NC(=O)C1(N)CCCC(C)C1. The van der Waals surface area contributed by atoms with Crippen molar-refractivity contribution in [2.75, 3.05) is 12.4 Å². The van der Waals surface area contributed by atoms with Gasteiger partial charge >= 0.3 is 0 Å². The maximum Gasteiger partial charge on any atom is 0.244 e. The van der Waals surface area contributed by atoms with Gasteiger partial charge in [0.25, 0.3) is 0 Å². The van der Waals surface area contributed by atoms with Gasteiger partial charge in [0, 0.05) is 22.8 Å². The Hall–Kier alpha value is -0.910. The Morgan fingerprint density at radius 1 is 1.57 bits per heavy atom. The van der Waals surface area contributed by atoms with E-state index >= 15 is 0 Å². The quantitative estimate of drug-likeness (QED) is 0.870. The van der Waals surface area contributed by atoms with Gasteiger partial charge in [-0.3, -0.25) is 4.79 Å². The summed E-state index contributed by atoms with van der Waals surface area (Å²) in [5.41, 5.74) is 7.28. The molecule has 0 saturated heterocycles. The first-order chi connectivity index (χ1) is 9.96. The number of methoxy groups -OCH3 is 1. The van der Waals surface area contributed by atoms with E-state index in [0.717, 1.165) is 41.4 Å². The summed E-state index contributed by atoms with van der Waals surface area (Å²) < 4.78 is 6.13. The van der Waals surface area contributed by atoms with Crippen molar-refractivity contribution < 1.29 is 9.53 Å². The summed E-state index contributed by atoms with van der Waals surface area (Å²) in [7, 11) is 1.64. The van der Waals surface area contributed by atoms with Crippen LogP contribution in [0, 0.1) is 5.92 Å². The second-order valence-electron chi connectivity index (χ2n) is 6.01. The largest absolute Gasteiger partial charge is 0.380 e. The van der Waals surface area contributed by atoms with Gasteiger partial charge in [-0.2, -0.15) is 0 Å². The number of ether oxygens (including phenoxy) is 1. The highest BCUT2D eigenvalue weighted by Crippen LogP contribution is 2.32. The highest BCUT2D eigenvalue weighted by Gasteiger charge is 2.38.